The van der Waals surface area contributed by atoms with Crippen LogP contribution in [0.2, 0.25) is 0 Å². The molecule has 0 saturated carbocycles. The summed E-state index contributed by atoms with van der Waals surface area (Å²) in [5, 5.41) is 11.9. The van der Waals surface area contributed by atoms with Crippen molar-refractivity contribution in [1.29, 1.82) is 0 Å². The number of carbonyl (C=O) groups is 1. The minimum Gasteiger partial charge on any atom is -0.457 e. The van der Waals surface area contributed by atoms with Gasteiger partial charge in [0.05, 0.1) is 6.04 Å². The van der Waals surface area contributed by atoms with Gasteiger partial charge in [0.1, 0.15) is 28.6 Å². The summed E-state index contributed by atoms with van der Waals surface area (Å²) < 4.78 is 8.01. The smallest absolute Gasteiger partial charge is 0.254 e. The molecule has 2 fully saturated rings. The lowest BCUT2D eigenvalue weighted by molar-refractivity contribution is 0.0882. The van der Waals surface area contributed by atoms with Gasteiger partial charge in [-0.15, -0.1) is 0 Å². The van der Waals surface area contributed by atoms with Crippen molar-refractivity contribution in [2.75, 3.05) is 38.0 Å². The Morgan fingerprint density at radius 2 is 1.59 bits per heavy atom. The number of benzene rings is 2. The van der Waals surface area contributed by atoms with Gasteiger partial charge in [0.2, 0.25) is 0 Å². The second-order valence-corrected chi connectivity index (χ2v) is 10.5. The van der Waals surface area contributed by atoms with Gasteiger partial charge in [-0.25, -0.2) is 4.68 Å². The first kappa shape index (κ1) is 24.0. The molecule has 0 unspecified atom stereocenters. The van der Waals surface area contributed by atoms with Crippen molar-refractivity contribution in [2.45, 2.75) is 44.2 Å². The van der Waals surface area contributed by atoms with Gasteiger partial charge < -0.3 is 26.0 Å². The van der Waals surface area contributed by atoms with E-state index in [4.69, 9.17) is 15.6 Å². The fourth-order valence-electron chi connectivity index (χ4n) is 6.32. The summed E-state index contributed by atoms with van der Waals surface area (Å²) in [6, 6.07) is 18.4. The first-order chi connectivity index (χ1) is 18.2. The van der Waals surface area contributed by atoms with Gasteiger partial charge in [-0.1, -0.05) is 18.2 Å². The third-order valence-electron chi connectivity index (χ3n) is 8.25. The molecule has 3 aliphatic rings. The summed E-state index contributed by atoms with van der Waals surface area (Å²) in [5.41, 5.74) is 7.89. The first-order valence-corrected chi connectivity index (χ1v) is 13.6. The van der Waals surface area contributed by atoms with Crippen molar-refractivity contribution in [3.05, 3.63) is 60.2 Å². The normalized spacial score (nSPS) is 21.2. The number of aromatic nitrogens is 2. The fourth-order valence-corrected chi connectivity index (χ4v) is 6.32. The van der Waals surface area contributed by atoms with Gasteiger partial charge in [0.15, 0.2) is 0 Å². The Balaban J connectivity index is 1.22. The van der Waals surface area contributed by atoms with E-state index in [9.17, 15) is 4.79 Å². The van der Waals surface area contributed by atoms with E-state index < -0.39 is 5.91 Å². The van der Waals surface area contributed by atoms with Crippen LogP contribution in [0.4, 0.5) is 5.82 Å². The molecule has 8 nitrogen and oxygen atoms in total. The lowest BCUT2D eigenvalue weighted by atomic mass is 9.86. The molecule has 1 aromatic heterocycles. The van der Waals surface area contributed by atoms with E-state index in [2.05, 4.69) is 20.2 Å². The molecule has 37 heavy (non-hydrogen) atoms. The quantitative estimate of drug-likeness (QED) is 0.468. The number of primary amides is 1. The van der Waals surface area contributed by atoms with Crippen molar-refractivity contribution in [3.8, 4) is 22.8 Å². The van der Waals surface area contributed by atoms with Crippen LogP contribution in [-0.4, -0.2) is 59.4 Å². The zero-order valence-corrected chi connectivity index (χ0v) is 21.2. The molecule has 2 saturated heterocycles. The van der Waals surface area contributed by atoms with Crippen LogP contribution in [0.15, 0.2) is 54.6 Å². The molecule has 2 aromatic carbocycles. The molecule has 6 rings (SSSR count). The number of hydrogen-bond donors (Lipinski definition) is 3. The minimum atomic E-state index is -0.449. The zero-order chi connectivity index (χ0) is 25.2. The van der Waals surface area contributed by atoms with Crippen LogP contribution in [0.3, 0.4) is 0 Å². The molecule has 0 radical (unpaired) electrons. The number of nitrogens with two attached hydrogens (primary N) is 1. The second kappa shape index (κ2) is 10.6. The van der Waals surface area contributed by atoms with Crippen LogP contribution < -0.4 is 21.1 Å². The summed E-state index contributed by atoms with van der Waals surface area (Å²) in [6.07, 6.45) is 5.85. The molecular weight excluding hydrogens is 464 g/mol. The molecule has 4 N–H and O–H groups in total. The Morgan fingerprint density at radius 1 is 0.892 bits per heavy atom. The highest BCUT2D eigenvalue weighted by Crippen LogP contribution is 2.40. The van der Waals surface area contributed by atoms with Crippen LogP contribution in [0.25, 0.3) is 11.3 Å². The average molecular weight is 501 g/mol. The molecule has 0 bridgehead atoms. The Morgan fingerprint density at radius 3 is 2.30 bits per heavy atom. The fraction of sp³-hybridized carbons (Fsp3) is 0.448. The third-order valence-corrected chi connectivity index (χ3v) is 8.25. The number of rotatable bonds is 6. The number of fused-ring (bicyclic) bond motifs is 1. The highest BCUT2D eigenvalue weighted by atomic mass is 16.5. The van der Waals surface area contributed by atoms with Crippen LogP contribution in [0.5, 0.6) is 11.5 Å². The minimum absolute atomic E-state index is 0.277. The van der Waals surface area contributed by atoms with Gasteiger partial charge in [0, 0.05) is 18.2 Å². The standard InChI is InChI=1S/C29H36N6O2/c30-28(36)26-27(21-6-8-24(9-7-21)37-23-4-2-1-3-5-23)33-35-25(12-17-32-29(26)35)20-13-18-34(19-14-20)22-10-15-31-16-11-22/h1-9,20,22,25,31-32H,10-19H2,(H2,30,36)/t25-/m0/s1. The van der Waals surface area contributed by atoms with Crippen molar-refractivity contribution in [1.82, 2.24) is 20.0 Å². The van der Waals surface area contributed by atoms with Crippen LogP contribution >= 0.6 is 0 Å². The summed E-state index contributed by atoms with van der Waals surface area (Å²) >= 11 is 0. The van der Waals surface area contributed by atoms with Gasteiger partial charge >= 0.3 is 0 Å². The Kier molecular flexibility index (Phi) is 6.85. The Bertz CT molecular complexity index is 1210. The lowest BCUT2D eigenvalue weighted by Crippen LogP contribution is -2.47. The molecule has 1 atom stereocenters. The van der Waals surface area contributed by atoms with Crippen LogP contribution in [0, 0.1) is 5.92 Å². The van der Waals surface area contributed by atoms with E-state index >= 15 is 0 Å². The van der Waals surface area contributed by atoms with Crippen LogP contribution in [0.1, 0.15) is 48.5 Å². The highest BCUT2D eigenvalue weighted by Gasteiger charge is 2.36. The largest absolute Gasteiger partial charge is 0.457 e. The monoisotopic (exact) mass is 500 g/mol. The predicted molar refractivity (Wildman–Crippen MR) is 145 cm³/mol. The number of likely N-dealkylation sites (tertiary alicyclic amines) is 1. The summed E-state index contributed by atoms with van der Waals surface area (Å²) in [6.45, 7) is 5.39. The first-order valence-electron chi connectivity index (χ1n) is 13.6. The Labute approximate surface area is 218 Å². The number of nitrogens with zero attached hydrogens (tertiary/aromatic N) is 3. The SMILES string of the molecule is NC(=O)c1c(-c2ccc(Oc3ccccc3)cc2)nn2c1NCC[C@H]2C1CCN(C2CCNCC2)CC1. The van der Waals surface area contributed by atoms with Crippen molar-refractivity contribution < 1.29 is 9.53 Å². The molecule has 194 valence electrons. The molecular formula is C29H36N6O2. The molecule has 4 heterocycles. The van der Waals surface area contributed by atoms with Gasteiger partial charge in [-0.2, -0.15) is 5.10 Å². The number of amides is 1. The molecule has 3 aliphatic heterocycles. The molecule has 0 aliphatic carbocycles. The van der Waals surface area contributed by atoms with E-state index in [0.29, 0.717) is 17.2 Å². The Hall–Kier alpha value is -3.36. The van der Waals surface area contributed by atoms with E-state index in [1.165, 1.54) is 25.7 Å². The van der Waals surface area contributed by atoms with Gasteiger partial charge in [-0.05, 0) is 101 Å². The van der Waals surface area contributed by atoms with Crippen molar-refractivity contribution in [3.63, 3.8) is 0 Å². The summed E-state index contributed by atoms with van der Waals surface area (Å²) in [5.74, 6) is 2.38. The summed E-state index contributed by atoms with van der Waals surface area (Å²) in [4.78, 5) is 15.3. The number of carbonyl (C=O) groups excluding carboxylic acids is 1. The van der Waals surface area contributed by atoms with Gasteiger partial charge in [-0.3, -0.25) is 4.79 Å². The highest BCUT2D eigenvalue weighted by molar-refractivity contribution is 6.03. The van der Waals surface area contributed by atoms with Crippen molar-refractivity contribution in [2.24, 2.45) is 11.7 Å². The topological polar surface area (TPSA) is 97.4 Å². The number of para-hydroxylation sites is 1. The van der Waals surface area contributed by atoms with E-state index in [0.717, 1.165) is 68.1 Å². The number of ether oxygens (including phenoxy) is 1. The zero-order valence-electron chi connectivity index (χ0n) is 21.2. The number of nitrogens with one attached hydrogen (secondary N) is 2. The number of hydrogen-bond acceptors (Lipinski definition) is 6. The second-order valence-electron chi connectivity index (χ2n) is 10.5. The molecule has 8 heteroatoms. The number of piperidine rings is 2. The maximum Gasteiger partial charge on any atom is 0.254 e. The number of anilines is 1. The third kappa shape index (κ3) is 4.95. The summed E-state index contributed by atoms with van der Waals surface area (Å²) in [7, 11) is 0. The molecule has 0 spiro atoms. The van der Waals surface area contributed by atoms with Crippen molar-refractivity contribution >= 4 is 11.7 Å². The van der Waals surface area contributed by atoms with E-state index in [1.54, 1.807) is 0 Å². The maximum absolute atomic E-state index is 12.6. The van der Waals surface area contributed by atoms with E-state index in [-0.39, 0.29) is 6.04 Å². The molecule has 3 aromatic rings. The van der Waals surface area contributed by atoms with Crippen LogP contribution in [-0.2, 0) is 0 Å². The van der Waals surface area contributed by atoms with E-state index in [1.807, 2.05) is 54.6 Å². The average Bonchev–Trinajstić information content (AvgIpc) is 3.35. The van der Waals surface area contributed by atoms with Gasteiger partial charge in [0.25, 0.3) is 5.91 Å². The maximum atomic E-state index is 12.6. The predicted octanol–water partition coefficient (Wildman–Crippen LogP) is 4.26. The molecule has 1 amide bonds. The lowest BCUT2D eigenvalue weighted by Gasteiger charge is -2.42.